The summed E-state index contributed by atoms with van der Waals surface area (Å²) in [5.74, 6) is -0.781. The van der Waals surface area contributed by atoms with Gasteiger partial charge in [0.15, 0.2) is 16.9 Å². The van der Waals surface area contributed by atoms with Crippen molar-refractivity contribution in [3.05, 3.63) is 45.1 Å². The second kappa shape index (κ2) is 6.10. The Morgan fingerprint density at radius 1 is 1.38 bits per heavy atom. The summed E-state index contributed by atoms with van der Waals surface area (Å²) in [5, 5.41) is 11.0. The molecular weight excluding hydrogens is 336 g/mol. The van der Waals surface area contributed by atoms with E-state index < -0.39 is 11.4 Å². The van der Waals surface area contributed by atoms with E-state index in [-0.39, 0.29) is 34.5 Å². The number of benzene rings is 1. The summed E-state index contributed by atoms with van der Waals surface area (Å²) in [7, 11) is 1.29. The maximum Gasteiger partial charge on any atom is 0.342 e. The number of ether oxygens (including phenoxy) is 1. The number of hydrogen-bond donors (Lipinski definition) is 1. The minimum absolute atomic E-state index is 0.00851. The Bertz CT molecular complexity index is 1010. The number of carbonyl (C=O) groups excluding carboxylic acids is 1. The normalized spacial score (nSPS) is 11.0. The quantitative estimate of drug-likeness (QED) is 0.442. The van der Waals surface area contributed by atoms with Gasteiger partial charge in [0.05, 0.1) is 12.0 Å². The van der Waals surface area contributed by atoms with Gasteiger partial charge in [0.1, 0.15) is 11.1 Å². The number of halogens is 1. The molecule has 0 amide bonds. The molecule has 24 heavy (non-hydrogen) atoms. The monoisotopic (exact) mass is 348 g/mol. The number of hydrogen-bond acceptors (Lipinski definition) is 7. The molecule has 0 radical (unpaired) electrons. The highest BCUT2D eigenvalue weighted by atomic mass is 35.5. The zero-order chi connectivity index (χ0) is 17.4. The molecule has 0 atom stereocenters. The fourth-order valence-corrected chi connectivity index (χ4v) is 2.52. The lowest BCUT2D eigenvalue weighted by Crippen LogP contribution is -2.19. The number of fused-ring (bicyclic) bond motifs is 2. The van der Waals surface area contributed by atoms with Crippen LogP contribution in [0.3, 0.4) is 0 Å². The van der Waals surface area contributed by atoms with E-state index in [1.807, 2.05) is 0 Å². The molecule has 0 bridgehead atoms. The fourth-order valence-electron chi connectivity index (χ4n) is 2.35. The number of hydroxylamine groups is 1. The maximum absolute atomic E-state index is 12.6. The first kappa shape index (κ1) is 16.2. The van der Waals surface area contributed by atoms with Gasteiger partial charge in [-0.05, 0) is 25.1 Å². The van der Waals surface area contributed by atoms with Crippen LogP contribution in [-0.2, 0) is 4.74 Å². The van der Waals surface area contributed by atoms with E-state index >= 15 is 0 Å². The standard InChI is InChI=1S/C16H13ClN2O5/c1-3-23-16(21)10-7-12-13(18-15(10)19(2)22)14(20)9-6-8(17)4-5-11(9)24-12/h4-7,22H,3H2,1-2H3. The zero-order valence-electron chi connectivity index (χ0n) is 12.9. The molecule has 0 unspecified atom stereocenters. The highest BCUT2D eigenvalue weighted by Crippen LogP contribution is 2.25. The molecular formula is C16H13ClN2O5. The smallest absolute Gasteiger partial charge is 0.342 e. The van der Waals surface area contributed by atoms with Crippen LogP contribution in [0.1, 0.15) is 17.3 Å². The summed E-state index contributed by atoms with van der Waals surface area (Å²) in [4.78, 5) is 28.8. The average molecular weight is 349 g/mol. The number of carbonyl (C=O) groups is 1. The number of aromatic nitrogens is 1. The molecule has 0 aliphatic carbocycles. The molecule has 8 heteroatoms. The third-order valence-corrected chi connectivity index (χ3v) is 3.63. The van der Waals surface area contributed by atoms with Gasteiger partial charge >= 0.3 is 5.97 Å². The minimum atomic E-state index is -0.679. The summed E-state index contributed by atoms with van der Waals surface area (Å²) in [6.07, 6.45) is 0. The second-order valence-electron chi connectivity index (χ2n) is 5.02. The average Bonchev–Trinajstić information content (AvgIpc) is 2.55. The van der Waals surface area contributed by atoms with Crippen molar-refractivity contribution in [2.24, 2.45) is 0 Å². The molecule has 1 aromatic carbocycles. The molecule has 0 aliphatic rings. The lowest BCUT2D eigenvalue weighted by Gasteiger charge is -2.14. The van der Waals surface area contributed by atoms with E-state index in [1.165, 1.54) is 19.2 Å². The number of nitrogens with zero attached hydrogens (tertiary/aromatic N) is 2. The molecule has 124 valence electrons. The van der Waals surface area contributed by atoms with Crippen LogP contribution in [0.25, 0.3) is 22.1 Å². The van der Waals surface area contributed by atoms with Gasteiger partial charge in [-0.2, -0.15) is 0 Å². The largest absolute Gasteiger partial charge is 0.462 e. The fraction of sp³-hybridized carbons (Fsp3) is 0.188. The first-order valence-corrected chi connectivity index (χ1v) is 7.47. The predicted molar refractivity (Wildman–Crippen MR) is 88.9 cm³/mol. The Kier molecular flexibility index (Phi) is 4.13. The van der Waals surface area contributed by atoms with Gasteiger partial charge in [0.2, 0.25) is 5.43 Å². The third kappa shape index (κ3) is 2.68. The predicted octanol–water partition coefficient (Wildman–Crippen LogP) is 3.00. The Hall–Kier alpha value is -2.64. The SMILES string of the molecule is CCOC(=O)c1cc2oc3ccc(Cl)cc3c(=O)c2nc1N(C)O. The molecule has 0 saturated carbocycles. The van der Waals surface area contributed by atoms with E-state index in [1.54, 1.807) is 19.1 Å². The van der Waals surface area contributed by atoms with Crippen LogP contribution < -0.4 is 10.5 Å². The van der Waals surface area contributed by atoms with E-state index in [0.29, 0.717) is 15.7 Å². The van der Waals surface area contributed by atoms with E-state index in [0.717, 1.165) is 0 Å². The maximum atomic E-state index is 12.6. The Labute approximate surface area is 141 Å². The molecule has 3 rings (SSSR count). The molecule has 7 nitrogen and oxygen atoms in total. The van der Waals surface area contributed by atoms with Crippen molar-refractivity contribution in [2.75, 3.05) is 18.7 Å². The van der Waals surface area contributed by atoms with Crippen LogP contribution in [0.15, 0.2) is 33.5 Å². The van der Waals surface area contributed by atoms with E-state index in [9.17, 15) is 14.8 Å². The highest BCUT2D eigenvalue weighted by molar-refractivity contribution is 6.31. The molecule has 0 aliphatic heterocycles. The second-order valence-corrected chi connectivity index (χ2v) is 5.46. The molecule has 2 aromatic heterocycles. The van der Waals surface area contributed by atoms with Crippen LogP contribution in [0.4, 0.5) is 5.82 Å². The van der Waals surface area contributed by atoms with Gasteiger partial charge in [-0.15, -0.1) is 0 Å². The minimum Gasteiger partial charge on any atom is -0.462 e. The first-order valence-electron chi connectivity index (χ1n) is 7.09. The van der Waals surface area contributed by atoms with E-state index in [4.69, 9.17) is 20.8 Å². The van der Waals surface area contributed by atoms with Crippen molar-refractivity contribution in [2.45, 2.75) is 6.92 Å². The summed E-state index contributed by atoms with van der Waals surface area (Å²) in [6.45, 7) is 1.82. The van der Waals surface area contributed by atoms with Crippen LogP contribution >= 0.6 is 11.6 Å². The van der Waals surface area contributed by atoms with Gasteiger partial charge in [-0.1, -0.05) is 11.6 Å². The van der Waals surface area contributed by atoms with Crippen LogP contribution in [0.5, 0.6) is 0 Å². The van der Waals surface area contributed by atoms with Gasteiger partial charge in [0, 0.05) is 18.1 Å². The Morgan fingerprint density at radius 2 is 2.12 bits per heavy atom. The van der Waals surface area contributed by atoms with Crippen molar-refractivity contribution >= 4 is 45.5 Å². The summed E-state index contributed by atoms with van der Waals surface area (Å²) >= 11 is 5.91. The number of rotatable bonds is 3. The highest BCUT2D eigenvalue weighted by Gasteiger charge is 2.21. The number of esters is 1. The topological polar surface area (TPSA) is 92.9 Å². The summed E-state index contributed by atoms with van der Waals surface area (Å²) in [6, 6.07) is 5.96. The van der Waals surface area contributed by atoms with Gasteiger partial charge in [-0.25, -0.2) is 14.8 Å². The zero-order valence-corrected chi connectivity index (χ0v) is 13.6. The van der Waals surface area contributed by atoms with Crippen LogP contribution in [0, 0.1) is 0 Å². The Balaban J connectivity index is 2.38. The summed E-state index contributed by atoms with van der Waals surface area (Å²) in [5.41, 5.74) is -0.00567. The molecule has 1 N–H and O–H groups in total. The van der Waals surface area contributed by atoms with Crippen molar-refractivity contribution in [3.8, 4) is 0 Å². The Morgan fingerprint density at radius 3 is 2.79 bits per heavy atom. The van der Waals surface area contributed by atoms with Crippen molar-refractivity contribution in [1.29, 1.82) is 0 Å². The molecule has 0 spiro atoms. The summed E-state index contributed by atoms with van der Waals surface area (Å²) < 4.78 is 10.6. The molecule has 2 heterocycles. The van der Waals surface area contributed by atoms with Crippen molar-refractivity contribution in [1.82, 2.24) is 4.98 Å². The molecule has 3 aromatic rings. The van der Waals surface area contributed by atoms with Gasteiger partial charge < -0.3 is 9.15 Å². The van der Waals surface area contributed by atoms with E-state index in [2.05, 4.69) is 4.98 Å². The first-order chi connectivity index (χ1) is 11.4. The molecule has 0 fully saturated rings. The van der Waals surface area contributed by atoms with Crippen molar-refractivity contribution in [3.63, 3.8) is 0 Å². The van der Waals surface area contributed by atoms with Crippen LogP contribution in [-0.4, -0.2) is 29.8 Å². The van der Waals surface area contributed by atoms with Crippen molar-refractivity contribution < 1.29 is 19.2 Å². The van der Waals surface area contributed by atoms with Gasteiger partial charge in [-0.3, -0.25) is 10.0 Å². The number of pyridine rings is 1. The third-order valence-electron chi connectivity index (χ3n) is 3.39. The van der Waals surface area contributed by atoms with Gasteiger partial charge in [0.25, 0.3) is 0 Å². The lowest BCUT2D eigenvalue weighted by atomic mass is 10.1. The van der Waals surface area contributed by atoms with Crippen LogP contribution in [0.2, 0.25) is 5.02 Å². The number of anilines is 1. The lowest BCUT2D eigenvalue weighted by molar-refractivity contribution is 0.0525. The molecule has 0 saturated heterocycles.